The molecule has 0 spiro atoms. The Hall–Kier alpha value is -1.35. The molecule has 1 heterocycles. The van der Waals surface area contributed by atoms with Crippen LogP contribution in [0.1, 0.15) is 22.5 Å². The number of nitrogens with zero attached hydrogens (tertiary/aromatic N) is 3. The fraction of sp³-hybridized carbons (Fsp3) is 0.714. The minimum atomic E-state index is -4.17. The van der Waals surface area contributed by atoms with Gasteiger partial charge < -0.3 is 10.6 Å². The van der Waals surface area contributed by atoms with Crippen molar-refractivity contribution in [3.63, 3.8) is 0 Å². The first kappa shape index (κ1) is 19.7. The number of alkyl halides is 3. The van der Waals surface area contributed by atoms with E-state index in [4.69, 9.17) is 0 Å². The molecule has 0 radical (unpaired) electrons. The highest BCUT2D eigenvalue weighted by molar-refractivity contribution is 7.11. The molecule has 9 heteroatoms. The molecular weight excluding hydrogens is 327 g/mol. The lowest BCUT2D eigenvalue weighted by molar-refractivity contribution is -0.142. The van der Waals surface area contributed by atoms with Crippen LogP contribution in [0.4, 0.5) is 13.2 Å². The van der Waals surface area contributed by atoms with E-state index >= 15 is 0 Å². The third kappa shape index (κ3) is 8.17. The Morgan fingerprint density at radius 1 is 1.30 bits per heavy atom. The van der Waals surface area contributed by atoms with Crippen molar-refractivity contribution in [1.29, 1.82) is 0 Å². The first-order valence-electron chi connectivity index (χ1n) is 7.41. The van der Waals surface area contributed by atoms with Crippen molar-refractivity contribution in [2.24, 2.45) is 4.99 Å². The Morgan fingerprint density at radius 3 is 2.52 bits per heavy atom. The van der Waals surface area contributed by atoms with E-state index in [1.54, 1.807) is 11.3 Å². The second kappa shape index (κ2) is 9.07. The standard InChI is InChI=1S/C14H24F3N5S/c1-5-18-13(19-6-7-22(4)9-14(15,16)17)20-8-12-21-10(2)11(3)23-12/h5-9H2,1-4H3,(H2,18,19,20). The summed E-state index contributed by atoms with van der Waals surface area (Å²) in [6, 6.07) is 0. The van der Waals surface area contributed by atoms with Gasteiger partial charge >= 0.3 is 6.18 Å². The Labute approximate surface area is 139 Å². The average Bonchev–Trinajstić information content (AvgIpc) is 2.73. The zero-order valence-electron chi connectivity index (χ0n) is 13.9. The molecule has 0 saturated carbocycles. The molecular formula is C14H24F3N5S. The van der Waals surface area contributed by atoms with Crippen LogP contribution in [-0.2, 0) is 6.54 Å². The summed E-state index contributed by atoms with van der Waals surface area (Å²) in [6.45, 7) is 6.78. The van der Waals surface area contributed by atoms with Gasteiger partial charge in [0.2, 0.25) is 0 Å². The van der Waals surface area contributed by atoms with Gasteiger partial charge in [0.1, 0.15) is 5.01 Å². The Bertz CT molecular complexity index is 494. The van der Waals surface area contributed by atoms with Crippen LogP contribution in [0.5, 0.6) is 0 Å². The zero-order chi connectivity index (χ0) is 17.5. The summed E-state index contributed by atoms with van der Waals surface area (Å²) >= 11 is 1.60. The number of aliphatic imine (C=N–C) groups is 1. The molecule has 0 aliphatic carbocycles. The van der Waals surface area contributed by atoms with Crippen molar-refractivity contribution in [1.82, 2.24) is 20.5 Å². The second-order valence-corrected chi connectivity index (χ2v) is 6.51. The molecule has 0 bridgehead atoms. The van der Waals surface area contributed by atoms with Crippen LogP contribution in [0.15, 0.2) is 4.99 Å². The van der Waals surface area contributed by atoms with Crippen LogP contribution >= 0.6 is 11.3 Å². The van der Waals surface area contributed by atoms with Gasteiger partial charge in [-0.3, -0.25) is 4.90 Å². The van der Waals surface area contributed by atoms with Crippen LogP contribution in [0.3, 0.4) is 0 Å². The fourth-order valence-corrected chi connectivity index (χ4v) is 2.70. The molecule has 1 aromatic rings. The van der Waals surface area contributed by atoms with Gasteiger partial charge in [0.15, 0.2) is 5.96 Å². The summed E-state index contributed by atoms with van der Waals surface area (Å²) in [6.07, 6.45) is -4.17. The van der Waals surface area contributed by atoms with Crippen LogP contribution in [0, 0.1) is 13.8 Å². The van der Waals surface area contributed by atoms with Gasteiger partial charge in [0.25, 0.3) is 0 Å². The van der Waals surface area contributed by atoms with Gasteiger partial charge in [-0.05, 0) is 27.8 Å². The number of thiazole rings is 1. The lowest BCUT2D eigenvalue weighted by Crippen LogP contribution is -2.42. The summed E-state index contributed by atoms with van der Waals surface area (Å²) in [5.41, 5.74) is 1.01. The molecule has 5 nitrogen and oxygen atoms in total. The van der Waals surface area contributed by atoms with Gasteiger partial charge in [-0.15, -0.1) is 11.3 Å². The maximum atomic E-state index is 12.3. The van der Waals surface area contributed by atoms with Crippen LogP contribution in [0.25, 0.3) is 0 Å². The molecule has 23 heavy (non-hydrogen) atoms. The summed E-state index contributed by atoms with van der Waals surface area (Å²) in [5.74, 6) is 0.582. The van der Waals surface area contributed by atoms with E-state index in [-0.39, 0.29) is 6.54 Å². The molecule has 132 valence electrons. The molecule has 0 saturated heterocycles. The number of nitrogens with one attached hydrogen (secondary N) is 2. The normalized spacial score (nSPS) is 12.8. The average molecular weight is 351 g/mol. The van der Waals surface area contributed by atoms with Crippen molar-refractivity contribution >= 4 is 17.3 Å². The van der Waals surface area contributed by atoms with Crippen LogP contribution in [-0.4, -0.2) is 55.2 Å². The number of rotatable bonds is 7. The highest BCUT2D eigenvalue weighted by Gasteiger charge is 2.28. The first-order valence-corrected chi connectivity index (χ1v) is 8.23. The number of halogens is 3. The largest absolute Gasteiger partial charge is 0.401 e. The Kier molecular flexibility index (Phi) is 7.77. The smallest absolute Gasteiger partial charge is 0.357 e. The number of aryl methyl sites for hydroxylation is 2. The predicted molar refractivity (Wildman–Crippen MR) is 88.0 cm³/mol. The van der Waals surface area contributed by atoms with Crippen molar-refractivity contribution < 1.29 is 13.2 Å². The monoisotopic (exact) mass is 351 g/mol. The zero-order valence-corrected chi connectivity index (χ0v) is 14.7. The van der Waals surface area contributed by atoms with Crippen LogP contribution < -0.4 is 10.6 Å². The molecule has 0 fully saturated rings. The maximum Gasteiger partial charge on any atom is 0.401 e. The predicted octanol–water partition coefficient (Wildman–Crippen LogP) is 2.31. The first-order chi connectivity index (χ1) is 10.7. The Morgan fingerprint density at radius 2 is 2.00 bits per heavy atom. The molecule has 1 rings (SSSR count). The minimum absolute atomic E-state index is 0.277. The van der Waals surface area contributed by atoms with Gasteiger partial charge in [-0.25, -0.2) is 9.98 Å². The van der Waals surface area contributed by atoms with Crippen molar-refractivity contribution in [2.45, 2.75) is 33.5 Å². The molecule has 0 atom stereocenters. The Balaban J connectivity index is 2.46. The molecule has 0 aliphatic rings. The third-order valence-corrected chi connectivity index (χ3v) is 4.08. The molecule has 1 aromatic heterocycles. The minimum Gasteiger partial charge on any atom is -0.357 e. The maximum absolute atomic E-state index is 12.3. The third-order valence-electron chi connectivity index (χ3n) is 3.02. The number of hydrogen-bond donors (Lipinski definition) is 2. The number of hydrogen-bond acceptors (Lipinski definition) is 4. The van der Waals surface area contributed by atoms with E-state index < -0.39 is 12.7 Å². The summed E-state index contributed by atoms with van der Waals surface area (Å²) in [7, 11) is 1.44. The summed E-state index contributed by atoms with van der Waals surface area (Å²) in [4.78, 5) is 11.2. The summed E-state index contributed by atoms with van der Waals surface area (Å²) in [5, 5.41) is 7.03. The van der Waals surface area contributed by atoms with Crippen molar-refractivity contribution in [3.05, 3.63) is 15.6 Å². The molecule has 0 aliphatic heterocycles. The topological polar surface area (TPSA) is 52.6 Å². The quantitative estimate of drug-likeness (QED) is 0.585. The number of guanidine groups is 1. The van der Waals surface area contributed by atoms with Gasteiger partial charge in [-0.1, -0.05) is 0 Å². The number of likely N-dealkylation sites (N-methyl/N-ethyl adjacent to an activating group) is 1. The highest BCUT2D eigenvalue weighted by Crippen LogP contribution is 2.17. The van der Waals surface area contributed by atoms with E-state index in [1.807, 2.05) is 20.8 Å². The van der Waals surface area contributed by atoms with Crippen LogP contribution in [0.2, 0.25) is 0 Å². The van der Waals surface area contributed by atoms with E-state index in [1.165, 1.54) is 16.8 Å². The van der Waals surface area contributed by atoms with Gasteiger partial charge in [-0.2, -0.15) is 13.2 Å². The van der Waals surface area contributed by atoms with Gasteiger partial charge in [0.05, 0.1) is 18.8 Å². The van der Waals surface area contributed by atoms with E-state index in [0.29, 0.717) is 25.6 Å². The van der Waals surface area contributed by atoms with E-state index in [2.05, 4.69) is 20.6 Å². The van der Waals surface area contributed by atoms with E-state index in [9.17, 15) is 13.2 Å². The molecule has 2 N–H and O–H groups in total. The lowest BCUT2D eigenvalue weighted by Gasteiger charge is -2.19. The van der Waals surface area contributed by atoms with E-state index in [0.717, 1.165) is 10.7 Å². The van der Waals surface area contributed by atoms with Gasteiger partial charge in [0, 0.05) is 24.5 Å². The molecule has 0 aromatic carbocycles. The van der Waals surface area contributed by atoms with Crippen molar-refractivity contribution in [3.8, 4) is 0 Å². The van der Waals surface area contributed by atoms with Crippen molar-refractivity contribution in [2.75, 3.05) is 33.2 Å². The fourth-order valence-electron chi connectivity index (χ4n) is 1.85. The lowest BCUT2D eigenvalue weighted by atomic mass is 10.4. The molecule has 0 unspecified atom stereocenters. The number of aromatic nitrogens is 1. The highest BCUT2D eigenvalue weighted by atomic mass is 32.1. The second-order valence-electron chi connectivity index (χ2n) is 5.22. The summed E-state index contributed by atoms with van der Waals surface area (Å²) < 4.78 is 36.8. The molecule has 0 amide bonds. The SMILES string of the molecule is CCNC(=NCc1nc(C)c(C)s1)NCCN(C)CC(F)(F)F.